The average molecular weight is 206 g/mol. The summed E-state index contributed by atoms with van der Waals surface area (Å²) >= 11 is 2.15. The Hall–Kier alpha value is -0.430. The summed E-state index contributed by atoms with van der Waals surface area (Å²) in [7, 11) is 0. The van der Waals surface area contributed by atoms with Crippen molar-refractivity contribution in [1.82, 2.24) is 0 Å². The van der Waals surface area contributed by atoms with E-state index in [2.05, 4.69) is 42.1 Å². The van der Waals surface area contributed by atoms with Crippen LogP contribution in [0, 0.1) is 0 Å². The number of thioether (sulfide) groups is 1. The summed E-state index contributed by atoms with van der Waals surface area (Å²) in [5, 5.41) is 0.934. The van der Waals surface area contributed by atoms with E-state index in [4.69, 9.17) is 0 Å². The van der Waals surface area contributed by atoms with Crippen LogP contribution in [0.15, 0.2) is 30.3 Å². The van der Waals surface area contributed by atoms with Gasteiger partial charge in [0.2, 0.25) is 0 Å². The molecule has 0 heterocycles. The molecule has 0 spiro atoms. The van der Waals surface area contributed by atoms with Gasteiger partial charge in [0.25, 0.3) is 0 Å². The molecule has 0 amide bonds. The Bertz CT molecular complexity index is 249. The van der Waals surface area contributed by atoms with E-state index in [-0.39, 0.29) is 0 Å². The number of hydrogen-bond acceptors (Lipinski definition) is 1. The lowest BCUT2D eigenvalue weighted by atomic mass is 10.0. The van der Waals surface area contributed by atoms with Gasteiger partial charge in [0.05, 0.1) is 0 Å². The van der Waals surface area contributed by atoms with Crippen molar-refractivity contribution in [3.63, 3.8) is 0 Å². The van der Waals surface area contributed by atoms with E-state index in [1.807, 2.05) is 0 Å². The number of rotatable bonds is 3. The minimum atomic E-state index is 0.934. The third kappa shape index (κ3) is 3.06. The molecular formula is C13H18S. The Morgan fingerprint density at radius 2 is 1.71 bits per heavy atom. The van der Waals surface area contributed by atoms with Gasteiger partial charge in [-0.2, -0.15) is 11.8 Å². The first kappa shape index (κ1) is 10.1. The summed E-state index contributed by atoms with van der Waals surface area (Å²) in [4.78, 5) is 0. The minimum absolute atomic E-state index is 0.934. The zero-order valence-corrected chi connectivity index (χ0v) is 9.43. The lowest BCUT2D eigenvalue weighted by Crippen LogP contribution is -2.08. The molecule has 0 bridgehead atoms. The molecule has 0 radical (unpaired) electrons. The van der Waals surface area contributed by atoms with E-state index >= 15 is 0 Å². The largest absolute Gasteiger partial charge is 0.154 e. The molecule has 1 aliphatic carbocycles. The Morgan fingerprint density at radius 1 is 1.00 bits per heavy atom. The fourth-order valence-electron chi connectivity index (χ4n) is 2.02. The fraction of sp³-hybridized carbons (Fsp3) is 0.538. The predicted octanol–water partition coefficient (Wildman–Crippen LogP) is 4.25. The quantitative estimate of drug-likeness (QED) is 0.712. The molecule has 0 aromatic heterocycles. The SMILES string of the molecule is c1ccc(CSC2CCCCC2)cc1. The minimum Gasteiger partial charge on any atom is -0.154 e. The molecule has 1 heteroatoms. The monoisotopic (exact) mass is 206 g/mol. The van der Waals surface area contributed by atoms with Crippen LogP contribution in [0.5, 0.6) is 0 Å². The van der Waals surface area contributed by atoms with E-state index < -0.39 is 0 Å². The maximum absolute atomic E-state index is 2.23. The highest BCUT2D eigenvalue weighted by molar-refractivity contribution is 7.99. The topological polar surface area (TPSA) is 0 Å². The average Bonchev–Trinajstić information content (AvgIpc) is 2.29. The molecule has 1 aromatic rings. The van der Waals surface area contributed by atoms with E-state index in [0.717, 1.165) is 5.25 Å². The predicted molar refractivity (Wildman–Crippen MR) is 64.6 cm³/mol. The molecule has 0 saturated heterocycles. The molecule has 1 saturated carbocycles. The molecular weight excluding hydrogens is 188 g/mol. The van der Waals surface area contributed by atoms with Crippen LogP contribution in [-0.4, -0.2) is 5.25 Å². The first-order valence-corrected chi connectivity index (χ1v) is 6.65. The van der Waals surface area contributed by atoms with Gasteiger partial charge in [-0.15, -0.1) is 0 Å². The van der Waals surface area contributed by atoms with Gasteiger partial charge in [-0.25, -0.2) is 0 Å². The van der Waals surface area contributed by atoms with Crippen molar-refractivity contribution in [1.29, 1.82) is 0 Å². The lowest BCUT2D eigenvalue weighted by molar-refractivity contribution is 0.516. The van der Waals surface area contributed by atoms with Gasteiger partial charge in [-0.3, -0.25) is 0 Å². The van der Waals surface area contributed by atoms with E-state index in [0.29, 0.717) is 0 Å². The molecule has 0 aliphatic heterocycles. The van der Waals surface area contributed by atoms with Gasteiger partial charge in [0, 0.05) is 11.0 Å². The summed E-state index contributed by atoms with van der Waals surface area (Å²) in [5.41, 5.74) is 1.48. The molecule has 2 rings (SSSR count). The van der Waals surface area contributed by atoms with Crippen molar-refractivity contribution in [2.45, 2.75) is 43.1 Å². The Labute approximate surface area is 91.1 Å². The van der Waals surface area contributed by atoms with Crippen LogP contribution in [0.25, 0.3) is 0 Å². The first-order valence-electron chi connectivity index (χ1n) is 5.61. The van der Waals surface area contributed by atoms with Gasteiger partial charge in [0.1, 0.15) is 0 Å². The Balaban J connectivity index is 1.76. The van der Waals surface area contributed by atoms with Crippen molar-refractivity contribution in [2.24, 2.45) is 0 Å². The normalized spacial score (nSPS) is 18.3. The van der Waals surface area contributed by atoms with Crippen molar-refractivity contribution >= 4 is 11.8 Å². The van der Waals surface area contributed by atoms with Gasteiger partial charge in [-0.05, 0) is 18.4 Å². The molecule has 0 unspecified atom stereocenters. The smallest absolute Gasteiger partial charge is 0.0187 e. The fourth-order valence-corrected chi connectivity index (χ4v) is 3.31. The van der Waals surface area contributed by atoms with E-state index in [1.54, 1.807) is 0 Å². The maximum Gasteiger partial charge on any atom is 0.0187 e. The summed E-state index contributed by atoms with van der Waals surface area (Å²) in [6.07, 6.45) is 7.25. The summed E-state index contributed by atoms with van der Waals surface area (Å²) < 4.78 is 0. The Kier molecular flexibility index (Phi) is 3.93. The molecule has 14 heavy (non-hydrogen) atoms. The van der Waals surface area contributed by atoms with Gasteiger partial charge in [-0.1, -0.05) is 49.6 Å². The van der Waals surface area contributed by atoms with Crippen LogP contribution in [0.4, 0.5) is 0 Å². The zero-order chi connectivity index (χ0) is 9.64. The molecule has 1 aromatic carbocycles. The highest BCUT2D eigenvalue weighted by Gasteiger charge is 2.13. The van der Waals surface area contributed by atoms with E-state index in [9.17, 15) is 0 Å². The lowest BCUT2D eigenvalue weighted by Gasteiger charge is -2.20. The molecule has 1 fully saturated rings. The highest BCUT2D eigenvalue weighted by Crippen LogP contribution is 2.30. The summed E-state index contributed by atoms with van der Waals surface area (Å²) in [5.74, 6) is 1.20. The molecule has 0 N–H and O–H groups in total. The molecule has 1 aliphatic rings. The van der Waals surface area contributed by atoms with Crippen molar-refractivity contribution < 1.29 is 0 Å². The zero-order valence-electron chi connectivity index (χ0n) is 8.61. The summed E-state index contributed by atoms with van der Waals surface area (Å²) in [6.45, 7) is 0. The highest BCUT2D eigenvalue weighted by atomic mass is 32.2. The van der Waals surface area contributed by atoms with Crippen molar-refractivity contribution in [2.75, 3.05) is 0 Å². The van der Waals surface area contributed by atoms with Crippen LogP contribution in [0.3, 0.4) is 0 Å². The third-order valence-electron chi connectivity index (χ3n) is 2.88. The first-order chi connectivity index (χ1) is 6.95. The molecule has 76 valence electrons. The summed E-state index contributed by atoms with van der Waals surface area (Å²) in [6, 6.07) is 10.8. The van der Waals surface area contributed by atoms with E-state index in [1.165, 1.54) is 43.4 Å². The van der Waals surface area contributed by atoms with Crippen LogP contribution in [0.2, 0.25) is 0 Å². The number of benzene rings is 1. The van der Waals surface area contributed by atoms with Crippen LogP contribution in [-0.2, 0) is 5.75 Å². The molecule has 0 nitrogen and oxygen atoms in total. The van der Waals surface area contributed by atoms with Crippen molar-refractivity contribution in [3.8, 4) is 0 Å². The van der Waals surface area contributed by atoms with Crippen LogP contribution >= 0.6 is 11.8 Å². The van der Waals surface area contributed by atoms with Crippen LogP contribution in [0.1, 0.15) is 37.7 Å². The van der Waals surface area contributed by atoms with Gasteiger partial charge >= 0.3 is 0 Å². The second-order valence-corrected chi connectivity index (χ2v) is 5.35. The van der Waals surface area contributed by atoms with Gasteiger partial charge in [0.15, 0.2) is 0 Å². The standard InChI is InChI=1S/C13H18S/c1-3-7-12(8-4-1)11-14-13-9-5-2-6-10-13/h1,3-4,7-8,13H,2,5-6,9-11H2. The third-order valence-corrected chi connectivity index (χ3v) is 4.32. The number of hydrogen-bond donors (Lipinski definition) is 0. The second-order valence-electron chi connectivity index (χ2n) is 4.06. The second kappa shape index (κ2) is 5.45. The van der Waals surface area contributed by atoms with Gasteiger partial charge < -0.3 is 0 Å². The maximum atomic E-state index is 2.23. The molecule has 0 atom stereocenters. The Morgan fingerprint density at radius 3 is 2.43 bits per heavy atom. The van der Waals surface area contributed by atoms with Crippen LogP contribution < -0.4 is 0 Å². The van der Waals surface area contributed by atoms with Crippen molar-refractivity contribution in [3.05, 3.63) is 35.9 Å².